The molecule has 1 saturated heterocycles. The topological polar surface area (TPSA) is 66.8 Å². The summed E-state index contributed by atoms with van der Waals surface area (Å²) in [6.07, 6.45) is 2.60. The first-order valence-corrected chi connectivity index (χ1v) is 11.3. The molecule has 26 heavy (non-hydrogen) atoms. The second-order valence-corrected chi connectivity index (χ2v) is 9.11. The van der Waals surface area contributed by atoms with Crippen LogP contribution in [0.4, 0.5) is 0 Å². The van der Waals surface area contributed by atoms with Crippen molar-refractivity contribution >= 4 is 50.3 Å². The lowest BCUT2D eigenvalue weighted by atomic mass is 10.2. The van der Waals surface area contributed by atoms with Gasteiger partial charge in [0.25, 0.3) is 15.9 Å². The fourth-order valence-corrected chi connectivity index (χ4v) is 5.38. The zero-order chi connectivity index (χ0) is 18.7. The fraction of sp³-hybridized carbons (Fsp3) is 0.222. The van der Waals surface area contributed by atoms with Gasteiger partial charge in [0.1, 0.15) is 0 Å². The molecule has 3 rings (SSSR count). The Morgan fingerprint density at radius 2 is 1.88 bits per heavy atom. The normalized spacial score (nSPS) is 18.2. The van der Waals surface area contributed by atoms with Crippen molar-refractivity contribution in [2.45, 2.75) is 25.2 Å². The Kier molecular flexibility index (Phi) is 5.64. The van der Waals surface area contributed by atoms with Crippen LogP contribution in [0, 0.1) is 0 Å². The molecular weight excluding hydrogens is 388 g/mol. The van der Waals surface area contributed by atoms with Gasteiger partial charge in [-0.3, -0.25) is 9.69 Å². The van der Waals surface area contributed by atoms with E-state index in [2.05, 4.69) is 4.40 Å². The Labute approximate surface area is 161 Å². The molecule has 0 saturated carbocycles. The highest BCUT2D eigenvalue weighted by atomic mass is 32.2. The molecule has 1 aromatic heterocycles. The standard InChI is InChI=1S/C18H18N2O3S3/c1-3-13-7-9-15(10-8-13)26(22,23)19-18-20(4-2)17(21)16(25-18)12-14-6-5-11-24-14/h5-12H,3-4H2,1-2H3. The molecular formula is C18H18N2O3S3. The summed E-state index contributed by atoms with van der Waals surface area (Å²) in [6, 6.07) is 10.5. The van der Waals surface area contributed by atoms with Crippen LogP contribution in [0.3, 0.4) is 0 Å². The van der Waals surface area contributed by atoms with E-state index < -0.39 is 10.0 Å². The maximum atomic E-state index is 12.6. The fourth-order valence-electron chi connectivity index (χ4n) is 2.41. The van der Waals surface area contributed by atoms with Crippen LogP contribution in [0.15, 0.2) is 56.0 Å². The minimum atomic E-state index is -3.87. The second kappa shape index (κ2) is 7.77. The van der Waals surface area contributed by atoms with E-state index in [4.69, 9.17) is 0 Å². The number of aryl methyl sites for hydroxylation is 1. The maximum Gasteiger partial charge on any atom is 0.284 e. The summed E-state index contributed by atoms with van der Waals surface area (Å²) >= 11 is 2.61. The zero-order valence-corrected chi connectivity index (χ0v) is 16.8. The predicted octanol–water partition coefficient (Wildman–Crippen LogP) is 3.99. The van der Waals surface area contributed by atoms with Gasteiger partial charge < -0.3 is 0 Å². The maximum absolute atomic E-state index is 12.6. The predicted molar refractivity (Wildman–Crippen MR) is 108 cm³/mol. The van der Waals surface area contributed by atoms with Crippen molar-refractivity contribution in [2.24, 2.45) is 4.40 Å². The number of hydrogen-bond donors (Lipinski definition) is 0. The average Bonchev–Trinajstić information content (AvgIpc) is 3.23. The summed E-state index contributed by atoms with van der Waals surface area (Å²) in [5.41, 5.74) is 1.05. The number of thioether (sulfide) groups is 1. The van der Waals surface area contributed by atoms with Crippen molar-refractivity contribution in [1.29, 1.82) is 0 Å². The summed E-state index contributed by atoms with van der Waals surface area (Å²) in [7, 11) is -3.87. The molecule has 1 fully saturated rings. The number of nitrogens with zero attached hydrogens (tertiary/aromatic N) is 2. The quantitative estimate of drug-likeness (QED) is 0.704. The van der Waals surface area contributed by atoms with E-state index in [-0.39, 0.29) is 16.0 Å². The van der Waals surface area contributed by atoms with Crippen LogP contribution in [-0.4, -0.2) is 30.9 Å². The molecule has 1 amide bonds. The van der Waals surface area contributed by atoms with E-state index in [9.17, 15) is 13.2 Å². The number of amidine groups is 1. The molecule has 1 aromatic carbocycles. The Bertz CT molecular complexity index is 960. The van der Waals surface area contributed by atoms with E-state index in [0.717, 1.165) is 28.6 Å². The van der Waals surface area contributed by atoms with Crippen LogP contribution >= 0.6 is 23.1 Å². The van der Waals surface area contributed by atoms with Gasteiger partial charge in [-0.2, -0.15) is 8.42 Å². The smallest absolute Gasteiger partial charge is 0.284 e. The number of carbonyl (C=O) groups excluding carboxylic acids is 1. The molecule has 0 aliphatic carbocycles. The summed E-state index contributed by atoms with van der Waals surface area (Å²) in [6.45, 7) is 4.16. The molecule has 2 heterocycles. The Morgan fingerprint density at radius 1 is 1.15 bits per heavy atom. The molecule has 1 aliphatic heterocycles. The highest BCUT2D eigenvalue weighted by Gasteiger charge is 2.34. The van der Waals surface area contributed by atoms with Crippen LogP contribution in [0.2, 0.25) is 0 Å². The lowest BCUT2D eigenvalue weighted by molar-refractivity contribution is -0.122. The molecule has 1 aliphatic rings. The minimum Gasteiger partial charge on any atom is -0.286 e. The van der Waals surface area contributed by atoms with Crippen molar-refractivity contribution < 1.29 is 13.2 Å². The third-order valence-electron chi connectivity index (χ3n) is 3.85. The van der Waals surface area contributed by atoms with Crippen LogP contribution in [0.1, 0.15) is 24.3 Å². The van der Waals surface area contributed by atoms with E-state index in [0.29, 0.717) is 11.4 Å². The number of thiophene rings is 1. The van der Waals surface area contributed by atoms with Crippen LogP contribution in [0.5, 0.6) is 0 Å². The lowest BCUT2D eigenvalue weighted by Gasteiger charge is -2.12. The van der Waals surface area contributed by atoms with E-state index in [1.54, 1.807) is 37.3 Å². The highest BCUT2D eigenvalue weighted by molar-refractivity contribution is 8.19. The van der Waals surface area contributed by atoms with Gasteiger partial charge in [-0.25, -0.2) is 0 Å². The molecule has 0 spiro atoms. The minimum absolute atomic E-state index is 0.127. The van der Waals surface area contributed by atoms with Crippen molar-refractivity contribution in [3.63, 3.8) is 0 Å². The lowest BCUT2D eigenvalue weighted by Crippen LogP contribution is -2.29. The van der Waals surface area contributed by atoms with Gasteiger partial charge in [-0.05, 0) is 60.3 Å². The summed E-state index contributed by atoms with van der Waals surface area (Å²) < 4.78 is 29.2. The van der Waals surface area contributed by atoms with Gasteiger partial charge in [0.15, 0.2) is 5.17 Å². The number of hydrogen-bond acceptors (Lipinski definition) is 5. The number of carbonyl (C=O) groups is 1. The largest absolute Gasteiger partial charge is 0.286 e. The second-order valence-electron chi connectivity index (χ2n) is 5.52. The van der Waals surface area contributed by atoms with Crippen LogP contribution in [0.25, 0.3) is 6.08 Å². The number of likely N-dealkylation sites (N-methyl/N-ethyl adjacent to an activating group) is 1. The number of amides is 1. The third-order valence-corrected chi connectivity index (χ3v) is 7.07. The molecule has 8 heteroatoms. The molecule has 2 aromatic rings. The molecule has 0 radical (unpaired) electrons. The van der Waals surface area contributed by atoms with Gasteiger partial charge in [0.05, 0.1) is 9.80 Å². The molecule has 0 unspecified atom stereocenters. The van der Waals surface area contributed by atoms with Crippen LogP contribution < -0.4 is 0 Å². The molecule has 136 valence electrons. The first-order chi connectivity index (χ1) is 12.4. The van der Waals surface area contributed by atoms with Crippen molar-refractivity contribution in [1.82, 2.24) is 4.90 Å². The molecule has 5 nitrogen and oxygen atoms in total. The number of benzene rings is 1. The molecule has 0 N–H and O–H groups in total. The van der Waals surface area contributed by atoms with Crippen LogP contribution in [-0.2, 0) is 21.2 Å². The van der Waals surface area contributed by atoms with Crippen molar-refractivity contribution in [2.75, 3.05) is 6.54 Å². The summed E-state index contributed by atoms with van der Waals surface area (Å²) in [5.74, 6) is -0.221. The number of rotatable bonds is 5. The zero-order valence-electron chi connectivity index (χ0n) is 14.4. The van der Waals surface area contributed by atoms with E-state index in [1.165, 1.54) is 16.2 Å². The Hall–Kier alpha value is -1.90. The molecule has 0 atom stereocenters. The first-order valence-electron chi connectivity index (χ1n) is 8.13. The number of sulfonamides is 1. The Morgan fingerprint density at radius 3 is 2.46 bits per heavy atom. The van der Waals surface area contributed by atoms with Gasteiger partial charge >= 0.3 is 0 Å². The van der Waals surface area contributed by atoms with Crippen molar-refractivity contribution in [3.8, 4) is 0 Å². The van der Waals surface area contributed by atoms with E-state index in [1.807, 2.05) is 24.4 Å². The highest BCUT2D eigenvalue weighted by Crippen LogP contribution is 2.34. The monoisotopic (exact) mass is 406 g/mol. The Balaban J connectivity index is 1.94. The SMILES string of the molecule is CCc1ccc(S(=O)(=O)N=C2SC(=Cc3cccs3)C(=O)N2CC)cc1. The third kappa shape index (κ3) is 3.92. The summed E-state index contributed by atoms with van der Waals surface area (Å²) in [5, 5.41) is 2.12. The van der Waals surface area contributed by atoms with Gasteiger partial charge in [-0.15, -0.1) is 15.7 Å². The van der Waals surface area contributed by atoms with Crippen molar-refractivity contribution in [3.05, 3.63) is 57.1 Å². The van der Waals surface area contributed by atoms with Gasteiger partial charge in [-0.1, -0.05) is 25.1 Å². The summed E-state index contributed by atoms with van der Waals surface area (Å²) in [4.78, 5) is 15.5. The van der Waals surface area contributed by atoms with Gasteiger partial charge in [0, 0.05) is 11.4 Å². The van der Waals surface area contributed by atoms with Gasteiger partial charge in [0.2, 0.25) is 0 Å². The first kappa shape index (κ1) is 18.9. The van der Waals surface area contributed by atoms with E-state index >= 15 is 0 Å². The molecule has 0 bridgehead atoms. The average molecular weight is 407 g/mol.